The normalized spacial score (nSPS) is 25.6. The number of anilines is 1. The number of nitrogens with zero attached hydrogens (tertiary/aromatic N) is 1. The summed E-state index contributed by atoms with van der Waals surface area (Å²) >= 11 is 0. The van der Waals surface area contributed by atoms with Crippen LogP contribution in [0.5, 0.6) is 0 Å². The highest BCUT2D eigenvalue weighted by Crippen LogP contribution is 2.19. The first kappa shape index (κ1) is 13.3. The van der Waals surface area contributed by atoms with Gasteiger partial charge in [-0.2, -0.15) is 0 Å². The molecule has 2 nitrogen and oxygen atoms in total. The van der Waals surface area contributed by atoms with Crippen LogP contribution in [0.4, 0.5) is 10.1 Å². The Kier molecular flexibility index (Phi) is 4.59. The van der Waals surface area contributed by atoms with Gasteiger partial charge in [0, 0.05) is 24.8 Å². The summed E-state index contributed by atoms with van der Waals surface area (Å²) in [7, 11) is 0. The Balaban J connectivity index is 2.10. The van der Waals surface area contributed by atoms with Crippen molar-refractivity contribution in [3.05, 3.63) is 30.1 Å². The summed E-state index contributed by atoms with van der Waals surface area (Å²) in [5.74, 6) is 0.440. The SMILES string of the molecule is CCC1CCN(c2cccc(F)c2)CC(C)CN1. The molecule has 1 N–H and O–H groups in total. The molecule has 3 heteroatoms. The van der Waals surface area contributed by atoms with E-state index in [1.54, 1.807) is 12.1 Å². The van der Waals surface area contributed by atoms with Crippen LogP contribution in [0.25, 0.3) is 0 Å². The van der Waals surface area contributed by atoms with Crippen LogP contribution < -0.4 is 10.2 Å². The molecule has 1 aromatic rings. The zero-order chi connectivity index (χ0) is 13.0. The number of hydrogen-bond acceptors (Lipinski definition) is 2. The topological polar surface area (TPSA) is 15.3 Å². The number of rotatable bonds is 2. The Hall–Kier alpha value is -1.09. The fraction of sp³-hybridized carbons (Fsp3) is 0.600. The van der Waals surface area contributed by atoms with Crippen LogP contribution in [-0.4, -0.2) is 25.7 Å². The monoisotopic (exact) mass is 250 g/mol. The third-order valence-corrected chi connectivity index (χ3v) is 3.70. The first-order valence-corrected chi connectivity index (χ1v) is 6.93. The van der Waals surface area contributed by atoms with Crippen LogP contribution in [0.1, 0.15) is 26.7 Å². The molecule has 0 bridgehead atoms. The van der Waals surface area contributed by atoms with Crippen molar-refractivity contribution in [2.24, 2.45) is 5.92 Å². The summed E-state index contributed by atoms with van der Waals surface area (Å²) < 4.78 is 13.3. The molecule has 0 aromatic heterocycles. The van der Waals surface area contributed by atoms with E-state index in [9.17, 15) is 4.39 Å². The van der Waals surface area contributed by atoms with Crippen molar-refractivity contribution in [3.63, 3.8) is 0 Å². The Morgan fingerprint density at radius 2 is 2.28 bits per heavy atom. The molecule has 2 atom stereocenters. The molecule has 0 radical (unpaired) electrons. The lowest BCUT2D eigenvalue weighted by Crippen LogP contribution is -2.43. The van der Waals surface area contributed by atoms with E-state index in [-0.39, 0.29) is 5.82 Å². The third kappa shape index (κ3) is 3.45. The van der Waals surface area contributed by atoms with Gasteiger partial charge >= 0.3 is 0 Å². The van der Waals surface area contributed by atoms with Crippen molar-refractivity contribution in [3.8, 4) is 0 Å². The standard InChI is InChI=1S/C15H23FN2/c1-3-14-7-8-18(11-12(2)10-17-14)15-6-4-5-13(16)9-15/h4-6,9,12,14,17H,3,7-8,10-11H2,1-2H3. The lowest BCUT2D eigenvalue weighted by atomic mass is 10.0. The van der Waals surface area contributed by atoms with Crippen LogP contribution in [0.3, 0.4) is 0 Å². The lowest BCUT2D eigenvalue weighted by Gasteiger charge is -2.33. The highest BCUT2D eigenvalue weighted by molar-refractivity contribution is 5.46. The molecule has 1 aliphatic rings. The molecule has 0 saturated carbocycles. The van der Waals surface area contributed by atoms with Gasteiger partial charge in [-0.1, -0.05) is 19.9 Å². The van der Waals surface area contributed by atoms with Crippen LogP contribution in [0.2, 0.25) is 0 Å². The largest absolute Gasteiger partial charge is 0.371 e. The van der Waals surface area contributed by atoms with E-state index in [0.717, 1.165) is 38.2 Å². The van der Waals surface area contributed by atoms with Crippen LogP contribution in [-0.2, 0) is 0 Å². The number of nitrogens with one attached hydrogen (secondary N) is 1. The predicted octanol–water partition coefficient (Wildman–Crippen LogP) is 3.04. The van der Waals surface area contributed by atoms with Gasteiger partial charge in [-0.05, 0) is 43.5 Å². The zero-order valence-corrected chi connectivity index (χ0v) is 11.3. The van der Waals surface area contributed by atoms with E-state index in [2.05, 4.69) is 24.1 Å². The fourth-order valence-corrected chi connectivity index (χ4v) is 2.57. The smallest absolute Gasteiger partial charge is 0.125 e. The number of benzene rings is 1. The molecule has 2 unspecified atom stereocenters. The molecular formula is C15H23FN2. The molecule has 0 amide bonds. The molecule has 1 aliphatic heterocycles. The van der Waals surface area contributed by atoms with Gasteiger partial charge in [0.05, 0.1) is 0 Å². The van der Waals surface area contributed by atoms with Crippen molar-refractivity contribution in [2.75, 3.05) is 24.5 Å². The lowest BCUT2D eigenvalue weighted by molar-refractivity contribution is 0.387. The van der Waals surface area contributed by atoms with E-state index in [1.807, 2.05) is 6.07 Å². The molecule has 1 fully saturated rings. The summed E-state index contributed by atoms with van der Waals surface area (Å²) in [6, 6.07) is 7.54. The van der Waals surface area contributed by atoms with Crippen molar-refractivity contribution >= 4 is 5.69 Å². The second-order valence-electron chi connectivity index (χ2n) is 5.33. The maximum absolute atomic E-state index is 13.3. The molecule has 18 heavy (non-hydrogen) atoms. The minimum atomic E-state index is -0.146. The molecule has 1 aromatic carbocycles. The Morgan fingerprint density at radius 3 is 3.00 bits per heavy atom. The maximum atomic E-state index is 13.3. The minimum absolute atomic E-state index is 0.146. The molecular weight excluding hydrogens is 227 g/mol. The van der Waals surface area contributed by atoms with Crippen LogP contribution >= 0.6 is 0 Å². The van der Waals surface area contributed by atoms with Gasteiger partial charge in [0.25, 0.3) is 0 Å². The van der Waals surface area contributed by atoms with E-state index in [1.165, 1.54) is 6.07 Å². The first-order chi connectivity index (χ1) is 8.69. The zero-order valence-electron chi connectivity index (χ0n) is 11.3. The van der Waals surface area contributed by atoms with Crippen molar-refractivity contribution in [2.45, 2.75) is 32.7 Å². The van der Waals surface area contributed by atoms with Crippen molar-refractivity contribution in [1.82, 2.24) is 5.32 Å². The van der Waals surface area contributed by atoms with Gasteiger partial charge in [-0.25, -0.2) is 4.39 Å². The second-order valence-corrected chi connectivity index (χ2v) is 5.33. The van der Waals surface area contributed by atoms with Gasteiger partial charge < -0.3 is 10.2 Å². The van der Waals surface area contributed by atoms with Crippen LogP contribution in [0.15, 0.2) is 24.3 Å². The summed E-state index contributed by atoms with van der Waals surface area (Å²) in [5, 5.41) is 3.60. The highest BCUT2D eigenvalue weighted by atomic mass is 19.1. The summed E-state index contributed by atoms with van der Waals surface area (Å²) in [5.41, 5.74) is 1.01. The fourth-order valence-electron chi connectivity index (χ4n) is 2.57. The van der Waals surface area contributed by atoms with Crippen LogP contribution in [0, 0.1) is 11.7 Å². The Labute approximate surface area is 109 Å². The highest BCUT2D eigenvalue weighted by Gasteiger charge is 2.18. The van der Waals surface area contributed by atoms with Gasteiger partial charge in [-0.15, -0.1) is 0 Å². The summed E-state index contributed by atoms with van der Waals surface area (Å²) in [6.07, 6.45) is 2.28. The average Bonchev–Trinajstić information content (AvgIpc) is 2.34. The molecule has 1 heterocycles. The predicted molar refractivity (Wildman–Crippen MR) is 74.5 cm³/mol. The maximum Gasteiger partial charge on any atom is 0.125 e. The van der Waals surface area contributed by atoms with E-state index in [0.29, 0.717) is 12.0 Å². The molecule has 2 rings (SSSR count). The first-order valence-electron chi connectivity index (χ1n) is 6.93. The van der Waals surface area contributed by atoms with Gasteiger partial charge in [0.15, 0.2) is 0 Å². The molecule has 100 valence electrons. The molecule has 1 saturated heterocycles. The van der Waals surface area contributed by atoms with Crippen molar-refractivity contribution < 1.29 is 4.39 Å². The number of halogens is 1. The van der Waals surface area contributed by atoms with Crippen molar-refractivity contribution in [1.29, 1.82) is 0 Å². The van der Waals surface area contributed by atoms with Gasteiger partial charge in [0.2, 0.25) is 0 Å². The molecule has 0 aliphatic carbocycles. The van der Waals surface area contributed by atoms with E-state index < -0.39 is 0 Å². The average molecular weight is 250 g/mol. The number of hydrogen-bond donors (Lipinski definition) is 1. The summed E-state index contributed by atoms with van der Waals surface area (Å²) in [6.45, 7) is 7.50. The van der Waals surface area contributed by atoms with Gasteiger partial charge in [-0.3, -0.25) is 0 Å². The minimum Gasteiger partial charge on any atom is -0.371 e. The quantitative estimate of drug-likeness (QED) is 0.868. The third-order valence-electron chi connectivity index (χ3n) is 3.70. The molecule has 0 spiro atoms. The van der Waals surface area contributed by atoms with E-state index >= 15 is 0 Å². The Bertz CT molecular complexity index is 381. The summed E-state index contributed by atoms with van der Waals surface area (Å²) in [4.78, 5) is 2.32. The Morgan fingerprint density at radius 1 is 1.44 bits per heavy atom. The van der Waals surface area contributed by atoms with E-state index in [4.69, 9.17) is 0 Å². The van der Waals surface area contributed by atoms with Gasteiger partial charge in [0.1, 0.15) is 5.82 Å². The second kappa shape index (κ2) is 6.19.